The Bertz CT molecular complexity index is 598. The number of fused-ring (bicyclic) bond motifs is 1. The van der Waals surface area contributed by atoms with Gasteiger partial charge in [-0.05, 0) is 17.5 Å². The summed E-state index contributed by atoms with van der Waals surface area (Å²) in [6.07, 6.45) is 0.576. The molecule has 1 amide bonds. The first-order valence-electron chi connectivity index (χ1n) is 5.92. The molecule has 2 rings (SSSR count). The van der Waals surface area contributed by atoms with Crippen LogP contribution in [0.1, 0.15) is 17.2 Å². The fourth-order valence-corrected chi connectivity index (χ4v) is 3.52. The SMILES string of the molecule is CN(C)S(=O)(=O)N1CCc2ccccc2C1C(N)=O. The molecule has 1 aromatic carbocycles. The molecule has 1 atom stereocenters. The first-order valence-corrected chi connectivity index (χ1v) is 7.32. The number of carbonyl (C=O) groups is 1. The van der Waals surface area contributed by atoms with E-state index >= 15 is 0 Å². The Labute approximate surface area is 113 Å². The van der Waals surface area contributed by atoms with E-state index in [2.05, 4.69) is 0 Å². The van der Waals surface area contributed by atoms with Gasteiger partial charge in [-0.2, -0.15) is 17.0 Å². The van der Waals surface area contributed by atoms with Crippen molar-refractivity contribution in [3.05, 3.63) is 35.4 Å². The summed E-state index contributed by atoms with van der Waals surface area (Å²) >= 11 is 0. The van der Waals surface area contributed by atoms with E-state index in [0.717, 1.165) is 14.2 Å². The van der Waals surface area contributed by atoms with Crippen molar-refractivity contribution in [3.63, 3.8) is 0 Å². The van der Waals surface area contributed by atoms with Crippen LogP contribution in [0, 0.1) is 0 Å². The Morgan fingerprint density at radius 3 is 2.58 bits per heavy atom. The van der Waals surface area contributed by atoms with Crippen LogP contribution in [0.2, 0.25) is 0 Å². The van der Waals surface area contributed by atoms with Crippen molar-refractivity contribution >= 4 is 16.1 Å². The molecule has 0 aromatic heterocycles. The zero-order valence-electron chi connectivity index (χ0n) is 10.9. The van der Waals surface area contributed by atoms with Crippen molar-refractivity contribution < 1.29 is 13.2 Å². The highest BCUT2D eigenvalue weighted by Gasteiger charge is 2.39. The van der Waals surface area contributed by atoms with E-state index in [1.54, 1.807) is 12.1 Å². The number of benzene rings is 1. The third-order valence-corrected chi connectivity index (χ3v) is 5.18. The standard InChI is InChI=1S/C12H17N3O3S/c1-14(2)19(17,18)15-8-7-9-5-3-4-6-10(9)11(15)12(13)16/h3-6,11H,7-8H2,1-2H3,(H2,13,16). The molecule has 1 aromatic rings. The second kappa shape index (κ2) is 4.92. The largest absolute Gasteiger partial charge is 0.368 e. The molecule has 0 radical (unpaired) electrons. The van der Waals surface area contributed by atoms with Crippen LogP contribution in [0.25, 0.3) is 0 Å². The minimum Gasteiger partial charge on any atom is -0.368 e. The molecule has 104 valence electrons. The summed E-state index contributed by atoms with van der Waals surface area (Å²) in [5.74, 6) is -0.655. The van der Waals surface area contributed by atoms with Crippen LogP contribution in [-0.2, 0) is 21.4 Å². The minimum atomic E-state index is -3.67. The normalized spacial score (nSPS) is 20.3. The molecule has 1 heterocycles. The Balaban J connectivity index is 2.53. The molecule has 0 aliphatic carbocycles. The van der Waals surface area contributed by atoms with Gasteiger partial charge >= 0.3 is 0 Å². The molecule has 7 heteroatoms. The highest BCUT2D eigenvalue weighted by atomic mass is 32.2. The van der Waals surface area contributed by atoms with Gasteiger partial charge in [-0.25, -0.2) is 0 Å². The molecule has 0 saturated heterocycles. The molecule has 0 saturated carbocycles. The molecule has 0 fully saturated rings. The number of carbonyl (C=O) groups excluding carboxylic acids is 1. The van der Waals surface area contributed by atoms with Crippen LogP contribution >= 0.6 is 0 Å². The lowest BCUT2D eigenvalue weighted by Gasteiger charge is -2.35. The highest BCUT2D eigenvalue weighted by molar-refractivity contribution is 7.86. The Hall–Kier alpha value is -1.44. The zero-order valence-corrected chi connectivity index (χ0v) is 11.7. The van der Waals surface area contributed by atoms with Gasteiger partial charge in [0.2, 0.25) is 5.91 Å². The number of rotatable bonds is 3. The summed E-state index contributed by atoms with van der Waals surface area (Å²) in [6.45, 7) is 0.255. The zero-order chi connectivity index (χ0) is 14.2. The van der Waals surface area contributed by atoms with Crippen molar-refractivity contribution in [1.82, 2.24) is 8.61 Å². The van der Waals surface area contributed by atoms with Crippen LogP contribution in [0.4, 0.5) is 0 Å². The number of amides is 1. The van der Waals surface area contributed by atoms with Gasteiger partial charge in [-0.1, -0.05) is 24.3 Å². The Kier molecular flexibility index (Phi) is 3.62. The van der Waals surface area contributed by atoms with Gasteiger partial charge in [0.1, 0.15) is 6.04 Å². The van der Waals surface area contributed by atoms with Gasteiger partial charge in [0.05, 0.1) is 0 Å². The van der Waals surface area contributed by atoms with E-state index in [-0.39, 0.29) is 6.54 Å². The molecule has 1 aliphatic heterocycles. The smallest absolute Gasteiger partial charge is 0.282 e. The maximum atomic E-state index is 12.3. The quantitative estimate of drug-likeness (QED) is 0.839. The summed E-state index contributed by atoms with van der Waals surface area (Å²) in [5, 5.41) is 0. The monoisotopic (exact) mass is 283 g/mol. The summed E-state index contributed by atoms with van der Waals surface area (Å²) in [6, 6.07) is 6.36. The van der Waals surface area contributed by atoms with Gasteiger partial charge in [0.25, 0.3) is 10.2 Å². The molecule has 6 nitrogen and oxygen atoms in total. The number of nitrogens with zero attached hydrogens (tertiary/aromatic N) is 2. The number of nitrogens with two attached hydrogens (primary N) is 1. The maximum absolute atomic E-state index is 12.3. The lowest BCUT2D eigenvalue weighted by molar-refractivity contribution is -0.122. The van der Waals surface area contributed by atoms with Crippen LogP contribution < -0.4 is 5.73 Å². The van der Waals surface area contributed by atoms with E-state index in [4.69, 9.17) is 5.73 Å². The second-order valence-electron chi connectivity index (χ2n) is 4.65. The van der Waals surface area contributed by atoms with Crippen molar-refractivity contribution in [2.45, 2.75) is 12.5 Å². The molecule has 0 spiro atoms. The predicted octanol–water partition coefficient (Wildman–Crippen LogP) is -0.122. The molecule has 0 bridgehead atoms. The fraction of sp³-hybridized carbons (Fsp3) is 0.417. The lowest BCUT2D eigenvalue weighted by Crippen LogP contribution is -2.49. The van der Waals surface area contributed by atoms with Crippen molar-refractivity contribution in [3.8, 4) is 0 Å². The van der Waals surface area contributed by atoms with Crippen molar-refractivity contribution in [2.75, 3.05) is 20.6 Å². The molecule has 2 N–H and O–H groups in total. The summed E-state index contributed by atoms with van der Waals surface area (Å²) in [5.41, 5.74) is 7.05. The summed E-state index contributed by atoms with van der Waals surface area (Å²) < 4.78 is 26.8. The topological polar surface area (TPSA) is 83.7 Å². The third kappa shape index (κ3) is 2.36. The molecule has 1 aliphatic rings. The van der Waals surface area contributed by atoms with E-state index in [9.17, 15) is 13.2 Å². The van der Waals surface area contributed by atoms with E-state index in [0.29, 0.717) is 12.0 Å². The second-order valence-corrected chi connectivity index (χ2v) is 6.75. The first kappa shape index (κ1) is 14.0. The summed E-state index contributed by atoms with van der Waals surface area (Å²) in [4.78, 5) is 11.7. The number of primary amides is 1. The molecule has 1 unspecified atom stereocenters. The third-order valence-electron chi connectivity index (χ3n) is 3.27. The van der Waals surface area contributed by atoms with Crippen LogP contribution in [0.15, 0.2) is 24.3 Å². The maximum Gasteiger partial charge on any atom is 0.282 e. The van der Waals surface area contributed by atoms with Gasteiger partial charge in [-0.15, -0.1) is 0 Å². The number of hydrogen-bond acceptors (Lipinski definition) is 3. The fourth-order valence-electron chi connectivity index (χ4n) is 2.30. The van der Waals surface area contributed by atoms with Gasteiger partial charge in [0, 0.05) is 20.6 Å². The average Bonchev–Trinajstić information content (AvgIpc) is 2.36. The summed E-state index contributed by atoms with van der Waals surface area (Å²) in [7, 11) is -0.794. The van der Waals surface area contributed by atoms with E-state index in [1.807, 2.05) is 12.1 Å². The highest BCUT2D eigenvalue weighted by Crippen LogP contribution is 2.32. The predicted molar refractivity (Wildman–Crippen MR) is 71.4 cm³/mol. The molecule has 19 heavy (non-hydrogen) atoms. The van der Waals surface area contributed by atoms with Crippen LogP contribution in [0.5, 0.6) is 0 Å². The van der Waals surface area contributed by atoms with Crippen LogP contribution in [-0.4, -0.2) is 43.6 Å². The first-order chi connectivity index (χ1) is 8.85. The van der Waals surface area contributed by atoms with E-state index < -0.39 is 22.2 Å². The van der Waals surface area contributed by atoms with Crippen LogP contribution in [0.3, 0.4) is 0 Å². The van der Waals surface area contributed by atoms with Gasteiger partial charge in [0.15, 0.2) is 0 Å². The van der Waals surface area contributed by atoms with E-state index in [1.165, 1.54) is 14.1 Å². The van der Waals surface area contributed by atoms with Crippen molar-refractivity contribution in [2.24, 2.45) is 5.73 Å². The molecular weight excluding hydrogens is 266 g/mol. The number of hydrogen-bond donors (Lipinski definition) is 1. The lowest BCUT2D eigenvalue weighted by atomic mass is 9.94. The Morgan fingerprint density at radius 1 is 1.37 bits per heavy atom. The Morgan fingerprint density at radius 2 is 2.00 bits per heavy atom. The van der Waals surface area contributed by atoms with Gasteiger partial charge < -0.3 is 5.73 Å². The van der Waals surface area contributed by atoms with Gasteiger partial charge in [-0.3, -0.25) is 4.79 Å². The average molecular weight is 283 g/mol. The molecular formula is C12H17N3O3S. The van der Waals surface area contributed by atoms with Crippen molar-refractivity contribution in [1.29, 1.82) is 0 Å². The minimum absolute atomic E-state index is 0.255.